The Hall–Kier alpha value is -0.900. The van der Waals surface area contributed by atoms with Gasteiger partial charge in [0, 0.05) is 6.20 Å². The number of hydrogen-bond donors (Lipinski definition) is 1. The van der Waals surface area contributed by atoms with Gasteiger partial charge in [0.15, 0.2) is 0 Å². The van der Waals surface area contributed by atoms with Crippen molar-refractivity contribution in [3.63, 3.8) is 0 Å². The summed E-state index contributed by atoms with van der Waals surface area (Å²) in [6.45, 7) is 0. The van der Waals surface area contributed by atoms with Crippen molar-refractivity contribution in [2.45, 2.75) is 6.42 Å². The quantitative estimate of drug-likeness (QED) is 0.761. The lowest BCUT2D eigenvalue weighted by Gasteiger charge is -1.94. The third-order valence-electron chi connectivity index (χ3n) is 1.14. The second-order valence-electron chi connectivity index (χ2n) is 2.06. The van der Waals surface area contributed by atoms with E-state index in [1.807, 2.05) is 0 Å². The summed E-state index contributed by atoms with van der Waals surface area (Å²) in [6, 6.07) is 3.45. The molecule has 0 aliphatic rings. The van der Waals surface area contributed by atoms with E-state index in [9.17, 15) is 4.79 Å². The lowest BCUT2D eigenvalue weighted by molar-refractivity contribution is -0.136. The second-order valence-corrected chi connectivity index (χ2v) is 2.87. The second kappa shape index (κ2) is 3.48. The Labute approximate surface area is 72.2 Å². The van der Waals surface area contributed by atoms with E-state index < -0.39 is 5.97 Å². The fourth-order valence-electron chi connectivity index (χ4n) is 0.686. The summed E-state index contributed by atoms with van der Waals surface area (Å²) in [4.78, 5) is 14.1. The summed E-state index contributed by atoms with van der Waals surface area (Å²) < 4.78 is 0.714. The number of carboxylic acids is 1. The van der Waals surface area contributed by atoms with E-state index in [-0.39, 0.29) is 6.42 Å². The van der Waals surface area contributed by atoms with Gasteiger partial charge in [-0.2, -0.15) is 0 Å². The molecular weight excluding hydrogens is 210 g/mol. The Morgan fingerprint density at radius 3 is 2.82 bits per heavy atom. The van der Waals surface area contributed by atoms with Crippen LogP contribution in [0.15, 0.2) is 22.9 Å². The molecule has 1 heterocycles. The zero-order chi connectivity index (χ0) is 8.27. The molecule has 58 valence electrons. The Bertz CT molecular complexity index is 258. The highest BCUT2D eigenvalue weighted by molar-refractivity contribution is 9.10. The standard InChI is InChI=1S/C7H6BrNO2/c8-6-2-1-5(4-9-6)3-7(10)11/h1-2,4H,3H2,(H,10,11). The van der Waals surface area contributed by atoms with Crippen molar-refractivity contribution in [1.29, 1.82) is 0 Å². The van der Waals surface area contributed by atoms with Gasteiger partial charge in [-0.15, -0.1) is 0 Å². The summed E-state index contributed by atoms with van der Waals surface area (Å²) >= 11 is 3.15. The van der Waals surface area contributed by atoms with E-state index in [4.69, 9.17) is 5.11 Å². The van der Waals surface area contributed by atoms with E-state index in [2.05, 4.69) is 20.9 Å². The average Bonchev–Trinajstić information content (AvgIpc) is 1.93. The number of halogens is 1. The van der Waals surface area contributed by atoms with E-state index >= 15 is 0 Å². The van der Waals surface area contributed by atoms with Gasteiger partial charge in [0.05, 0.1) is 6.42 Å². The largest absolute Gasteiger partial charge is 0.481 e. The summed E-state index contributed by atoms with van der Waals surface area (Å²) in [6.07, 6.45) is 1.57. The molecule has 0 saturated carbocycles. The predicted molar refractivity (Wildman–Crippen MR) is 43.3 cm³/mol. The molecule has 0 saturated heterocycles. The van der Waals surface area contributed by atoms with Crippen molar-refractivity contribution in [3.05, 3.63) is 28.5 Å². The van der Waals surface area contributed by atoms with Crippen LogP contribution in [0.2, 0.25) is 0 Å². The molecule has 0 spiro atoms. The van der Waals surface area contributed by atoms with Crippen LogP contribution in [0.25, 0.3) is 0 Å². The lowest BCUT2D eigenvalue weighted by Crippen LogP contribution is -1.99. The fraction of sp³-hybridized carbons (Fsp3) is 0.143. The van der Waals surface area contributed by atoms with Crippen molar-refractivity contribution in [2.75, 3.05) is 0 Å². The molecule has 0 amide bonds. The molecule has 0 bridgehead atoms. The Kier molecular flexibility index (Phi) is 2.59. The maximum Gasteiger partial charge on any atom is 0.307 e. The molecule has 0 unspecified atom stereocenters. The van der Waals surface area contributed by atoms with Gasteiger partial charge < -0.3 is 5.11 Å². The average molecular weight is 216 g/mol. The third kappa shape index (κ3) is 2.67. The number of carboxylic acid groups (broad SMARTS) is 1. The van der Waals surface area contributed by atoms with Crippen molar-refractivity contribution < 1.29 is 9.90 Å². The molecule has 0 radical (unpaired) electrons. The molecule has 1 aromatic heterocycles. The normalized spacial score (nSPS) is 9.55. The molecule has 0 aromatic carbocycles. The molecule has 0 aliphatic carbocycles. The smallest absolute Gasteiger partial charge is 0.307 e. The number of aromatic nitrogens is 1. The molecule has 1 rings (SSSR count). The van der Waals surface area contributed by atoms with Crippen LogP contribution in [0.4, 0.5) is 0 Å². The third-order valence-corrected chi connectivity index (χ3v) is 1.61. The lowest BCUT2D eigenvalue weighted by atomic mass is 10.2. The SMILES string of the molecule is O=C(O)Cc1ccc(Br)nc1. The van der Waals surface area contributed by atoms with Crippen LogP contribution < -0.4 is 0 Å². The summed E-state index contributed by atoms with van der Waals surface area (Å²) in [5.74, 6) is -0.839. The fourth-order valence-corrected chi connectivity index (χ4v) is 0.920. The first-order valence-electron chi connectivity index (χ1n) is 3.00. The minimum atomic E-state index is -0.839. The first-order chi connectivity index (χ1) is 5.18. The zero-order valence-corrected chi connectivity index (χ0v) is 7.21. The van der Waals surface area contributed by atoms with Crippen LogP contribution in [0.5, 0.6) is 0 Å². The molecule has 0 fully saturated rings. The topological polar surface area (TPSA) is 50.2 Å². The van der Waals surface area contributed by atoms with Gasteiger partial charge in [-0.25, -0.2) is 4.98 Å². The summed E-state index contributed by atoms with van der Waals surface area (Å²) in [5, 5.41) is 8.40. The Balaban J connectivity index is 2.74. The van der Waals surface area contributed by atoms with E-state index in [0.29, 0.717) is 10.2 Å². The summed E-state index contributed by atoms with van der Waals surface area (Å²) in [5.41, 5.74) is 0.709. The Morgan fingerprint density at radius 1 is 1.64 bits per heavy atom. The first kappa shape index (κ1) is 8.20. The molecule has 0 atom stereocenters. The van der Waals surface area contributed by atoms with Crippen LogP contribution in [-0.4, -0.2) is 16.1 Å². The van der Waals surface area contributed by atoms with Crippen LogP contribution in [0.1, 0.15) is 5.56 Å². The highest BCUT2D eigenvalue weighted by Crippen LogP contribution is 2.06. The zero-order valence-electron chi connectivity index (χ0n) is 5.62. The van der Waals surface area contributed by atoms with Crippen molar-refractivity contribution >= 4 is 21.9 Å². The van der Waals surface area contributed by atoms with Gasteiger partial charge >= 0.3 is 5.97 Å². The number of hydrogen-bond acceptors (Lipinski definition) is 2. The van der Waals surface area contributed by atoms with E-state index in [1.165, 1.54) is 6.20 Å². The predicted octanol–water partition coefficient (Wildman–Crippen LogP) is 1.47. The maximum absolute atomic E-state index is 10.2. The van der Waals surface area contributed by atoms with Gasteiger partial charge in [-0.3, -0.25) is 4.79 Å². The number of carbonyl (C=O) groups is 1. The Morgan fingerprint density at radius 2 is 2.36 bits per heavy atom. The van der Waals surface area contributed by atoms with Crippen LogP contribution in [0, 0.1) is 0 Å². The van der Waals surface area contributed by atoms with Gasteiger partial charge in [-0.1, -0.05) is 6.07 Å². The van der Waals surface area contributed by atoms with Crippen LogP contribution in [0.3, 0.4) is 0 Å². The van der Waals surface area contributed by atoms with Crippen LogP contribution in [-0.2, 0) is 11.2 Å². The number of pyridine rings is 1. The van der Waals surface area contributed by atoms with Gasteiger partial charge in [0.2, 0.25) is 0 Å². The molecule has 4 heteroatoms. The maximum atomic E-state index is 10.2. The number of rotatable bonds is 2. The van der Waals surface area contributed by atoms with Gasteiger partial charge in [0.1, 0.15) is 4.60 Å². The van der Waals surface area contributed by atoms with Crippen molar-refractivity contribution in [1.82, 2.24) is 4.98 Å². The number of aliphatic carboxylic acids is 1. The molecule has 3 nitrogen and oxygen atoms in total. The molecular formula is C7H6BrNO2. The van der Waals surface area contributed by atoms with Crippen LogP contribution >= 0.6 is 15.9 Å². The number of nitrogens with zero attached hydrogens (tertiary/aromatic N) is 1. The monoisotopic (exact) mass is 215 g/mol. The van der Waals surface area contributed by atoms with Crippen molar-refractivity contribution in [3.8, 4) is 0 Å². The van der Waals surface area contributed by atoms with Gasteiger partial charge in [-0.05, 0) is 27.6 Å². The minimum Gasteiger partial charge on any atom is -0.481 e. The highest BCUT2D eigenvalue weighted by Gasteiger charge is 1.99. The highest BCUT2D eigenvalue weighted by atomic mass is 79.9. The van der Waals surface area contributed by atoms with E-state index in [1.54, 1.807) is 12.1 Å². The molecule has 11 heavy (non-hydrogen) atoms. The molecule has 1 aromatic rings. The van der Waals surface area contributed by atoms with Gasteiger partial charge in [0.25, 0.3) is 0 Å². The minimum absolute atomic E-state index is 0.0281. The first-order valence-corrected chi connectivity index (χ1v) is 3.80. The molecule has 1 N–H and O–H groups in total. The van der Waals surface area contributed by atoms with E-state index in [0.717, 1.165) is 0 Å². The molecule has 0 aliphatic heterocycles. The van der Waals surface area contributed by atoms with Crippen molar-refractivity contribution in [2.24, 2.45) is 0 Å². The summed E-state index contributed by atoms with van der Waals surface area (Å²) in [7, 11) is 0.